The van der Waals surface area contributed by atoms with Crippen LogP contribution in [0.15, 0.2) is 11.1 Å². The summed E-state index contributed by atoms with van der Waals surface area (Å²) >= 11 is 8.17. The van der Waals surface area contributed by atoms with Gasteiger partial charge in [-0.2, -0.15) is 17.6 Å². The number of halogens is 6. The molecule has 0 rings (SSSR count). The van der Waals surface area contributed by atoms with E-state index in [1.807, 2.05) is 0 Å². The molecule has 0 amide bonds. The number of hydrogen-bond acceptors (Lipinski definition) is 0. The Hall–Kier alpha value is 0.0400. The van der Waals surface area contributed by atoms with E-state index in [-0.39, 0.29) is 0 Å². The first kappa shape index (κ1) is 9.04. The third kappa shape index (κ3) is 2.91. The highest BCUT2D eigenvalue weighted by atomic mass is 35.5. The summed E-state index contributed by atoms with van der Waals surface area (Å²) in [6.07, 6.45) is 0. The highest BCUT2D eigenvalue weighted by Crippen LogP contribution is 2.33. The van der Waals surface area contributed by atoms with Gasteiger partial charge >= 0.3 is 5.38 Å². The van der Waals surface area contributed by atoms with E-state index in [0.29, 0.717) is 0 Å². The Bertz CT molecular complexity index is 131. The minimum absolute atomic E-state index is 2.13. The monoisotopic (exact) mass is 182 g/mol. The molecule has 0 fully saturated rings. The second-order valence-electron chi connectivity index (χ2n) is 1.07. The molecule has 0 radical (unpaired) electrons. The van der Waals surface area contributed by atoms with Crippen LogP contribution in [0.3, 0.4) is 0 Å². The molecule has 0 aromatic rings. The SMILES string of the molecule is F/C(Cl)=C(/F)C(F)(F)Cl. The molecule has 0 aromatic carbocycles. The summed E-state index contributed by atoms with van der Waals surface area (Å²) in [7, 11) is 0. The van der Waals surface area contributed by atoms with Gasteiger partial charge in [-0.25, -0.2) is 0 Å². The van der Waals surface area contributed by atoms with Crippen molar-refractivity contribution in [3.63, 3.8) is 0 Å². The molecule has 0 aliphatic rings. The Balaban J connectivity index is 4.40. The summed E-state index contributed by atoms with van der Waals surface area (Å²) in [4.78, 5) is 0. The highest BCUT2D eigenvalue weighted by molar-refractivity contribution is 6.30. The summed E-state index contributed by atoms with van der Waals surface area (Å²) in [6.45, 7) is 0. The lowest BCUT2D eigenvalue weighted by Gasteiger charge is -2.01. The van der Waals surface area contributed by atoms with E-state index in [4.69, 9.17) is 0 Å². The molecule has 0 bridgehead atoms. The maximum absolute atomic E-state index is 11.5. The third-order valence-corrected chi connectivity index (χ3v) is 0.747. The molecule has 0 N–H and O–H groups in total. The van der Waals surface area contributed by atoms with Gasteiger partial charge in [0.1, 0.15) is 0 Å². The second-order valence-corrected chi connectivity index (χ2v) is 1.88. The van der Waals surface area contributed by atoms with Crippen LogP contribution in [-0.2, 0) is 0 Å². The van der Waals surface area contributed by atoms with Gasteiger partial charge in [-0.1, -0.05) is 0 Å². The van der Waals surface area contributed by atoms with Crippen molar-refractivity contribution < 1.29 is 17.6 Å². The zero-order valence-corrected chi connectivity index (χ0v) is 5.28. The van der Waals surface area contributed by atoms with Crippen LogP contribution in [0, 0.1) is 0 Å². The van der Waals surface area contributed by atoms with Crippen molar-refractivity contribution >= 4 is 23.2 Å². The molecule has 0 saturated carbocycles. The lowest BCUT2D eigenvalue weighted by molar-refractivity contribution is 0.106. The van der Waals surface area contributed by atoms with Crippen LogP contribution < -0.4 is 0 Å². The molecule has 54 valence electrons. The fourth-order valence-electron chi connectivity index (χ4n) is 0.107. The van der Waals surface area contributed by atoms with Gasteiger partial charge < -0.3 is 0 Å². The van der Waals surface area contributed by atoms with Gasteiger partial charge in [0.25, 0.3) is 0 Å². The smallest absolute Gasteiger partial charge is 0.199 e. The number of hydrogen-bond donors (Lipinski definition) is 0. The molecule has 0 nitrogen and oxygen atoms in total. The van der Waals surface area contributed by atoms with Gasteiger partial charge in [-0.15, -0.1) is 0 Å². The Kier molecular flexibility index (Phi) is 2.76. The molecule has 0 atom stereocenters. The van der Waals surface area contributed by atoms with Crippen LogP contribution >= 0.6 is 23.2 Å². The van der Waals surface area contributed by atoms with Gasteiger partial charge in [0.15, 0.2) is 0 Å². The Morgan fingerprint density at radius 1 is 1.22 bits per heavy atom. The maximum atomic E-state index is 11.5. The van der Waals surface area contributed by atoms with Crippen molar-refractivity contribution in [1.29, 1.82) is 0 Å². The average molecular weight is 183 g/mol. The second kappa shape index (κ2) is 2.75. The molecular weight excluding hydrogens is 183 g/mol. The standard InChI is InChI=1S/C3Cl2F4/c4-2(7)1(6)3(5,8)9/b2-1+. The molecule has 0 aliphatic heterocycles. The Morgan fingerprint density at radius 2 is 1.56 bits per heavy atom. The first-order valence-electron chi connectivity index (χ1n) is 1.63. The van der Waals surface area contributed by atoms with Crippen LogP contribution in [0.2, 0.25) is 0 Å². The lowest BCUT2D eigenvalue weighted by Crippen LogP contribution is -2.06. The predicted octanol–water partition coefficient (Wildman–Crippen LogP) is 3.16. The normalized spacial score (nSPS) is 15.3. The van der Waals surface area contributed by atoms with Crippen LogP contribution in [0.1, 0.15) is 0 Å². The third-order valence-electron chi connectivity index (χ3n) is 0.415. The van der Waals surface area contributed by atoms with Gasteiger partial charge in [0, 0.05) is 0 Å². The van der Waals surface area contributed by atoms with Gasteiger partial charge in [-0.3, -0.25) is 0 Å². The minimum atomic E-state index is -4.34. The predicted molar refractivity (Wildman–Crippen MR) is 25.9 cm³/mol. The van der Waals surface area contributed by atoms with Crippen LogP contribution in [0.4, 0.5) is 17.6 Å². The van der Waals surface area contributed by atoms with E-state index >= 15 is 0 Å². The highest BCUT2D eigenvalue weighted by Gasteiger charge is 2.35. The maximum Gasteiger partial charge on any atom is 0.377 e. The van der Waals surface area contributed by atoms with Crippen molar-refractivity contribution in [2.75, 3.05) is 0 Å². The molecular formula is C3Cl2F4. The zero-order valence-electron chi connectivity index (χ0n) is 3.77. The van der Waals surface area contributed by atoms with Crippen molar-refractivity contribution in [1.82, 2.24) is 0 Å². The van der Waals surface area contributed by atoms with E-state index in [1.54, 1.807) is 0 Å². The topological polar surface area (TPSA) is 0 Å². The fraction of sp³-hybridized carbons (Fsp3) is 0.333. The van der Waals surface area contributed by atoms with Crippen molar-refractivity contribution in [3.05, 3.63) is 11.1 Å². The van der Waals surface area contributed by atoms with E-state index in [2.05, 4.69) is 23.2 Å². The van der Waals surface area contributed by atoms with Crippen LogP contribution in [0.5, 0.6) is 0 Å². The zero-order chi connectivity index (χ0) is 7.65. The first-order chi connectivity index (χ1) is 3.85. The first-order valence-corrected chi connectivity index (χ1v) is 2.39. The Morgan fingerprint density at radius 3 is 1.56 bits per heavy atom. The fourth-order valence-corrected chi connectivity index (χ4v) is 0.357. The van der Waals surface area contributed by atoms with E-state index in [1.165, 1.54) is 0 Å². The average Bonchev–Trinajstić information content (AvgIpc) is 1.62. The molecule has 0 unspecified atom stereocenters. The number of rotatable bonds is 1. The molecule has 6 heteroatoms. The van der Waals surface area contributed by atoms with Gasteiger partial charge in [-0.05, 0) is 23.2 Å². The van der Waals surface area contributed by atoms with Crippen LogP contribution in [0.25, 0.3) is 0 Å². The van der Waals surface area contributed by atoms with Crippen molar-refractivity contribution in [2.24, 2.45) is 0 Å². The largest absolute Gasteiger partial charge is 0.377 e. The molecule has 0 aliphatic carbocycles. The summed E-state index contributed by atoms with van der Waals surface area (Å²) in [5.41, 5.74) is 0. The number of allylic oxidation sites excluding steroid dienone is 1. The van der Waals surface area contributed by atoms with E-state index < -0.39 is 16.5 Å². The van der Waals surface area contributed by atoms with Crippen molar-refractivity contribution in [3.8, 4) is 0 Å². The quantitative estimate of drug-likeness (QED) is 0.432. The molecule has 0 spiro atoms. The number of alkyl halides is 3. The van der Waals surface area contributed by atoms with Gasteiger partial charge in [0.2, 0.25) is 11.1 Å². The van der Waals surface area contributed by atoms with E-state index in [0.717, 1.165) is 0 Å². The molecule has 0 aromatic heterocycles. The van der Waals surface area contributed by atoms with Crippen molar-refractivity contribution in [2.45, 2.75) is 5.38 Å². The lowest BCUT2D eigenvalue weighted by atomic mass is 10.6. The Labute approximate surface area is 58.0 Å². The molecule has 9 heavy (non-hydrogen) atoms. The summed E-state index contributed by atoms with van der Waals surface area (Å²) < 4.78 is 45.6. The minimum Gasteiger partial charge on any atom is -0.199 e. The summed E-state index contributed by atoms with van der Waals surface area (Å²) in [6, 6.07) is 0. The summed E-state index contributed by atoms with van der Waals surface area (Å²) in [5.74, 6) is -2.47. The van der Waals surface area contributed by atoms with Crippen LogP contribution in [-0.4, -0.2) is 5.38 Å². The molecule has 0 heterocycles. The van der Waals surface area contributed by atoms with Gasteiger partial charge in [0.05, 0.1) is 0 Å². The molecule has 0 saturated heterocycles. The van der Waals surface area contributed by atoms with E-state index in [9.17, 15) is 17.6 Å². The summed E-state index contributed by atoms with van der Waals surface area (Å²) in [5, 5.41) is -6.47.